The second-order valence-electron chi connectivity index (χ2n) is 6.26. The first kappa shape index (κ1) is 15.6. The van der Waals surface area contributed by atoms with Gasteiger partial charge in [-0.2, -0.15) is 0 Å². The van der Waals surface area contributed by atoms with Gasteiger partial charge in [-0.3, -0.25) is 9.59 Å². The molecule has 23 heavy (non-hydrogen) atoms. The lowest BCUT2D eigenvalue weighted by Crippen LogP contribution is -2.36. The minimum atomic E-state index is -0.281. The van der Waals surface area contributed by atoms with E-state index < -0.39 is 0 Å². The smallest absolute Gasteiger partial charge is 0.256 e. The topological polar surface area (TPSA) is 77.1 Å². The average Bonchev–Trinajstić information content (AvgIpc) is 3.03. The highest BCUT2D eigenvalue weighted by atomic mass is 16.2. The Morgan fingerprint density at radius 3 is 2.78 bits per heavy atom. The molecular weight excluding hydrogens is 290 g/mol. The van der Waals surface area contributed by atoms with Crippen molar-refractivity contribution < 1.29 is 4.79 Å². The standard InChI is InChI=1S/C18H23N3O2/c1-2-10-21-11-13(18(23)20-12-6-3-4-7-12)17(22)16-14(19)8-5-9-15(16)21/h5,8-9,11-12H,2-4,6-7,10,19H2,1H3,(H,20,23). The average molecular weight is 313 g/mol. The number of aromatic nitrogens is 1. The van der Waals surface area contributed by atoms with Crippen LogP contribution in [0.4, 0.5) is 5.69 Å². The highest BCUT2D eigenvalue weighted by Gasteiger charge is 2.21. The van der Waals surface area contributed by atoms with Crippen molar-refractivity contribution in [2.24, 2.45) is 0 Å². The van der Waals surface area contributed by atoms with Crippen LogP contribution in [0.3, 0.4) is 0 Å². The third-order valence-corrected chi connectivity index (χ3v) is 4.54. The van der Waals surface area contributed by atoms with Crippen molar-refractivity contribution in [3.63, 3.8) is 0 Å². The third-order valence-electron chi connectivity index (χ3n) is 4.54. The highest BCUT2D eigenvalue weighted by molar-refractivity contribution is 6.00. The Bertz CT molecular complexity index is 789. The van der Waals surface area contributed by atoms with E-state index in [2.05, 4.69) is 12.2 Å². The van der Waals surface area contributed by atoms with Gasteiger partial charge in [0.15, 0.2) is 0 Å². The number of nitrogen functional groups attached to an aromatic ring is 1. The van der Waals surface area contributed by atoms with Crippen molar-refractivity contribution in [2.45, 2.75) is 51.6 Å². The summed E-state index contributed by atoms with van der Waals surface area (Å²) in [6.07, 6.45) is 6.84. The molecule has 5 heteroatoms. The van der Waals surface area contributed by atoms with E-state index in [9.17, 15) is 9.59 Å². The van der Waals surface area contributed by atoms with Crippen molar-refractivity contribution in [1.29, 1.82) is 0 Å². The number of pyridine rings is 1. The summed E-state index contributed by atoms with van der Waals surface area (Å²) in [4.78, 5) is 25.3. The van der Waals surface area contributed by atoms with Crippen LogP contribution < -0.4 is 16.5 Å². The number of aryl methyl sites for hydroxylation is 1. The maximum atomic E-state index is 12.8. The van der Waals surface area contributed by atoms with Crippen LogP contribution in [0.25, 0.3) is 10.9 Å². The zero-order chi connectivity index (χ0) is 16.4. The summed E-state index contributed by atoms with van der Waals surface area (Å²) >= 11 is 0. The van der Waals surface area contributed by atoms with Crippen LogP contribution >= 0.6 is 0 Å². The number of carbonyl (C=O) groups excluding carboxylic acids is 1. The Morgan fingerprint density at radius 2 is 2.09 bits per heavy atom. The molecule has 1 aliphatic rings. The van der Waals surface area contributed by atoms with E-state index in [1.165, 1.54) is 0 Å². The Hall–Kier alpha value is -2.30. The Kier molecular flexibility index (Phi) is 4.37. The van der Waals surface area contributed by atoms with Gasteiger partial charge in [-0.25, -0.2) is 0 Å². The molecule has 1 fully saturated rings. The first-order valence-corrected chi connectivity index (χ1v) is 8.34. The van der Waals surface area contributed by atoms with Crippen molar-refractivity contribution in [3.8, 4) is 0 Å². The molecule has 0 spiro atoms. The summed E-state index contributed by atoms with van der Waals surface area (Å²) in [5.41, 5.74) is 7.13. The Labute approximate surface area is 135 Å². The van der Waals surface area contributed by atoms with Crippen LogP contribution in [0, 0.1) is 0 Å². The van der Waals surface area contributed by atoms with Gasteiger partial charge in [0.25, 0.3) is 5.91 Å². The molecule has 0 radical (unpaired) electrons. The number of nitrogens with two attached hydrogens (primary N) is 1. The first-order valence-electron chi connectivity index (χ1n) is 8.34. The molecule has 0 bridgehead atoms. The molecule has 0 unspecified atom stereocenters. The zero-order valence-electron chi connectivity index (χ0n) is 13.5. The first-order chi connectivity index (χ1) is 11.1. The number of hydrogen-bond donors (Lipinski definition) is 2. The maximum absolute atomic E-state index is 12.8. The quantitative estimate of drug-likeness (QED) is 0.852. The molecule has 1 aromatic heterocycles. The molecule has 122 valence electrons. The molecule has 2 aromatic rings. The molecule has 0 saturated heterocycles. The van der Waals surface area contributed by atoms with Crippen LogP contribution in [0.1, 0.15) is 49.4 Å². The van der Waals surface area contributed by atoms with Crippen molar-refractivity contribution in [2.75, 3.05) is 5.73 Å². The fourth-order valence-corrected chi connectivity index (χ4v) is 3.38. The van der Waals surface area contributed by atoms with Crippen LogP contribution in [0.5, 0.6) is 0 Å². The van der Waals surface area contributed by atoms with Crippen LogP contribution in [-0.2, 0) is 6.54 Å². The predicted molar refractivity (Wildman–Crippen MR) is 92.6 cm³/mol. The lowest BCUT2D eigenvalue weighted by molar-refractivity contribution is 0.0936. The van der Waals surface area contributed by atoms with Crippen molar-refractivity contribution in [1.82, 2.24) is 9.88 Å². The lowest BCUT2D eigenvalue weighted by atomic mass is 10.1. The van der Waals surface area contributed by atoms with E-state index in [0.717, 1.165) is 44.2 Å². The third kappa shape index (κ3) is 2.96. The van der Waals surface area contributed by atoms with E-state index in [1.807, 2.05) is 16.7 Å². The number of anilines is 1. The monoisotopic (exact) mass is 313 g/mol. The number of benzene rings is 1. The maximum Gasteiger partial charge on any atom is 0.256 e. The van der Waals surface area contributed by atoms with Gasteiger partial charge in [0.2, 0.25) is 5.43 Å². The predicted octanol–water partition coefficient (Wildman–Crippen LogP) is 2.67. The molecule has 1 aromatic carbocycles. The van der Waals surface area contributed by atoms with Gasteiger partial charge in [0, 0.05) is 24.5 Å². The number of nitrogens with zero attached hydrogens (tertiary/aromatic N) is 1. The van der Waals surface area contributed by atoms with Crippen molar-refractivity contribution in [3.05, 3.63) is 40.2 Å². The molecule has 1 saturated carbocycles. The lowest BCUT2D eigenvalue weighted by Gasteiger charge is -2.15. The minimum absolute atomic E-state index is 0.186. The van der Waals surface area contributed by atoms with E-state index in [4.69, 9.17) is 5.73 Å². The molecule has 1 heterocycles. The second-order valence-corrected chi connectivity index (χ2v) is 6.26. The SMILES string of the molecule is CCCn1cc(C(=O)NC2CCCC2)c(=O)c2c(N)cccc21. The summed E-state index contributed by atoms with van der Waals surface area (Å²) in [6.45, 7) is 2.80. The summed E-state index contributed by atoms with van der Waals surface area (Å²) < 4.78 is 1.96. The summed E-state index contributed by atoms with van der Waals surface area (Å²) in [5, 5.41) is 3.44. The van der Waals surface area contributed by atoms with Crippen molar-refractivity contribution >= 4 is 22.5 Å². The fraction of sp³-hybridized carbons (Fsp3) is 0.444. The number of amides is 1. The molecule has 3 rings (SSSR count). The van der Waals surface area contributed by atoms with E-state index in [1.54, 1.807) is 12.3 Å². The summed E-state index contributed by atoms with van der Waals surface area (Å²) in [7, 11) is 0. The van der Waals surface area contributed by atoms with Gasteiger partial charge >= 0.3 is 0 Å². The van der Waals surface area contributed by atoms with Crippen LogP contribution in [0.15, 0.2) is 29.2 Å². The second kappa shape index (κ2) is 6.44. The highest BCUT2D eigenvalue weighted by Crippen LogP contribution is 2.20. The molecule has 0 atom stereocenters. The fourth-order valence-electron chi connectivity index (χ4n) is 3.38. The molecule has 5 nitrogen and oxygen atoms in total. The summed E-state index contributed by atoms with van der Waals surface area (Å²) in [6, 6.07) is 5.60. The van der Waals surface area contributed by atoms with Crippen LogP contribution in [0.2, 0.25) is 0 Å². The Morgan fingerprint density at radius 1 is 1.35 bits per heavy atom. The van der Waals surface area contributed by atoms with Gasteiger partial charge in [-0.15, -0.1) is 0 Å². The van der Waals surface area contributed by atoms with Gasteiger partial charge < -0.3 is 15.6 Å². The molecule has 1 aliphatic carbocycles. The van der Waals surface area contributed by atoms with E-state index in [0.29, 0.717) is 11.1 Å². The zero-order valence-corrected chi connectivity index (χ0v) is 13.5. The van der Waals surface area contributed by atoms with Gasteiger partial charge in [0.1, 0.15) is 5.56 Å². The Balaban J connectivity index is 2.09. The van der Waals surface area contributed by atoms with Gasteiger partial charge in [0.05, 0.1) is 10.9 Å². The number of fused-ring (bicyclic) bond motifs is 1. The molecule has 1 amide bonds. The minimum Gasteiger partial charge on any atom is -0.398 e. The van der Waals surface area contributed by atoms with E-state index in [-0.39, 0.29) is 22.9 Å². The number of hydrogen-bond acceptors (Lipinski definition) is 3. The normalized spacial score (nSPS) is 15.2. The molecular formula is C18H23N3O2. The number of nitrogens with one attached hydrogen (secondary N) is 1. The number of carbonyl (C=O) groups is 1. The number of rotatable bonds is 4. The van der Waals surface area contributed by atoms with E-state index >= 15 is 0 Å². The van der Waals surface area contributed by atoms with Gasteiger partial charge in [-0.05, 0) is 31.4 Å². The summed E-state index contributed by atoms with van der Waals surface area (Å²) in [5.74, 6) is -0.281. The molecule has 0 aliphatic heterocycles. The largest absolute Gasteiger partial charge is 0.398 e. The van der Waals surface area contributed by atoms with Gasteiger partial charge in [-0.1, -0.05) is 25.8 Å². The van der Waals surface area contributed by atoms with Crippen LogP contribution in [-0.4, -0.2) is 16.5 Å². The molecule has 3 N–H and O–H groups in total.